The van der Waals surface area contributed by atoms with Crippen LogP contribution in [0.1, 0.15) is 18.9 Å². The van der Waals surface area contributed by atoms with Gasteiger partial charge in [-0.3, -0.25) is 0 Å². The van der Waals surface area contributed by atoms with Crippen molar-refractivity contribution in [1.29, 1.82) is 0 Å². The molecule has 0 unspecified atom stereocenters. The highest BCUT2D eigenvalue weighted by molar-refractivity contribution is 6.00. The zero-order valence-corrected chi connectivity index (χ0v) is 8.35. The van der Waals surface area contributed by atoms with Crippen LogP contribution in [-0.4, -0.2) is 11.9 Å². The van der Waals surface area contributed by atoms with Crippen molar-refractivity contribution in [3.05, 3.63) is 48.6 Å². The molecule has 14 heavy (non-hydrogen) atoms. The van der Waals surface area contributed by atoms with Crippen LogP contribution >= 0.6 is 0 Å². The Morgan fingerprint density at radius 3 is 2.64 bits per heavy atom. The highest BCUT2D eigenvalue weighted by Gasteiger charge is 1.98. The summed E-state index contributed by atoms with van der Waals surface area (Å²) < 4.78 is 0. The molecule has 0 aliphatic rings. The van der Waals surface area contributed by atoms with Gasteiger partial charge in [-0.2, -0.15) is 10.2 Å². The molecule has 0 aliphatic carbocycles. The fraction of sp³-hybridized carbons (Fsp3) is 0.167. The molecular weight excluding hydrogens is 172 g/mol. The second-order valence-corrected chi connectivity index (χ2v) is 2.77. The van der Waals surface area contributed by atoms with Gasteiger partial charge in [-0.15, -0.1) is 0 Å². The lowest BCUT2D eigenvalue weighted by molar-refractivity contribution is 1.18. The van der Waals surface area contributed by atoms with Gasteiger partial charge in [-0.25, -0.2) is 0 Å². The molecule has 1 rings (SSSR count). The van der Waals surface area contributed by atoms with Crippen LogP contribution in [0.15, 0.2) is 53.2 Å². The van der Waals surface area contributed by atoms with Crippen LogP contribution in [-0.2, 0) is 0 Å². The van der Waals surface area contributed by atoms with Crippen molar-refractivity contribution >= 4 is 11.9 Å². The normalized spacial score (nSPS) is 11.9. The van der Waals surface area contributed by atoms with E-state index in [1.54, 1.807) is 12.3 Å². The quantitative estimate of drug-likeness (QED) is 0.510. The molecular formula is C12H14N2. The molecule has 0 N–H and O–H groups in total. The van der Waals surface area contributed by atoms with Gasteiger partial charge in [0.25, 0.3) is 0 Å². The van der Waals surface area contributed by atoms with Crippen LogP contribution in [0.25, 0.3) is 0 Å². The van der Waals surface area contributed by atoms with Crippen molar-refractivity contribution < 1.29 is 0 Å². The van der Waals surface area contributed by atoms with Gasteiger partial charge in [-0.1, -0.05) is 43.8 Å². The van der Waals surface area contributed by atoms with Crippen LogP contribution in [0, 0.1) is 0 Å². The van der Waals surface area contributed by atoms with Crippen LogP contribution in [0.3, 0.4) is 0 Å². The van der Waals surface area contributed by atoms with Gasteiger partial charge in [0.1, 0.15) is 0 Å². The zero-order valence-electron chi connectivity index (χ0n) is 8.35. The minimum atomic E-state index is 0.874. The maximum Gasteiger partial charge on any atom is 0.0699 e. The number of allylic oxidation sites excluding steroid dienone is 1. The van der Waals surface area contributed by atoms with Gasteiger partial charge >= 0.3 is 0 Å². The van der Waals surface area contributed by atoms with Crippen molar-refractivity contribution in [2.45, 2.75) is 13.3 Å². The van der Waals surface area contributed by atoms with E-state index in [-0.39, 0.29) is 0 Å². The van der Waals surface area contributed by atoms with E-state index in [1.165, 1.54) is 0 Å². The summed E-state index contributed by atoms with van der Waals surface area (Å²) in [5.41, 5.74) is 2.11. The Morgan fingerprint density at radius 2 is 2.07 bits per heavy atom. The van der Waals surface area contributed by atoms with Gasteiger partial charge in [-0.05, 0) is 18.1 Å². The highest BCUT2D eigenvalue weighted by atomic mass is 15.2. The van der Waals surface area contributed by atoms with E-state index >= 15 is 0 Å². The maximum atomic E-state index is 4.12. The zero-order chi connectivity index (χ0) is 10.2. The molecule has 0 amide bonds. The summed E-state index contributed by atoms with van der Waals surface area (Å²) in [6, 6.07) is 10.1. The van der Waals surface area contributed by atoms with E-state index in [0.29, 0.717) is 0 Å². The molecule has 0 aliphatic heterocycles. The van der Waals surface area contributed by atoms with E-state index in [4.69, 9.17) is 0 Å². The Bertz CT molecular complexity index is 337. The maximum absolute atomic E-state index is 4.12. The Labute approximate surface area is 84.7 Å². The van der Waals surface area contributed by atoms with Crippen molar-refractivity contribution in [3.8, 4) is 0 Å². The molecule has 0 spiro atoms. The van der Waals surface area contributed by atoms with Gasteiger partial charge in [0.05, 0.1) is 5.71 Å². The first-order valence-corrected chi connectivity index (χ1v) is 4.64. The van der Waals surface area contributed by atoms with Crippen LogP contribution < -0.4 is 0 Å². The van der Waals surface area contributed by atoms with Gasteiger partial charge in [0.15, 0.2) is 0 Å². The predicted octanol–water partition coefficient (Wildman–Crippen LogP) is 3.06. The second-order valence-electron chi connectivity index (χ2n) is 2.77. The monoisotopic (exact) mass is 186 g/mol. The van der Waals surface area contributed by atoms with E-state index < -0.39 is 0 Å². The first-order valence-electron chi connectivity index (χ1n) is 4.64. The Balaban J connectivity index is 2.87. The summed E-state index contributed by atoms with van der Waals surface area (Å²) in [6.07, 6.45) is 4.07. The third-order valence-corrected chi connectivity index (χ3v) is 1.79. The first-order chi connectivity index (χ1) is 6.88. The molecule has 0 aromatic heterocycles. The highest BCUT2D eigenvalue weighted by Crippen LogP contribution is 2.04. The molecule has 0 fully saturated rings. The van der Waals surface area contributed by atoms with E-state index in [0.717, 1.165) is 17.7 Å². The Morgan fingerprint density at radius 1 is 1.36 bits per heavy atom. The molecule has 0 bridgehead atoms. The number of hydrogen-bond acceptors (Lipinski definition) is 2. The van der Waals surface area contributed by atoms with Gasteiger partial charge in [0, 0.05) is 6.21 Å². The molecule has 0 atom stereocenters. The van der Waals surface area contributed by atoms with Crippen LogP contribution in [0.5, 0.6) is 0 Å². The third kappa shape index (κ3) is 2.98. The van der Waals surface area contributed by atoms with Crippen LogP contribution in [0.4, 0.5) is 0 Å². The van der Waals surface area contributed by atoms with E-state index in [2.05, 4.69) is 23.7 Å². The average molecular weight is 186 g/mol. The lowest BCUT2D eigenvalue weighted by Crippen LogP contribution is -1.97. The van der Waals surface area contributed by atoms with Gasteiger partial charge in [0.2, 0.25) is 0 Å². The number of nitrogens with zero attached hydrogens (tertiary/aromatic N) is 2. The fourth-order valence-electron chi connectivity index (χ4n) is 1.11. The Kier molecular flexibility index (Phi) is 4.35. The molecule has 0 saturated heterocycles. The SMILES string of the molecule is C=CC=NN=C(CC)c1ccccc1. The molecule has 1 aromatic carbocycles. The molecule has 1 aromatic rings. The summed E-state index contributed by atoms with van der Waals surface area (Å²) in [4.78, 5) is 0. The minimum Gasteiger partial charge on any atom is -0.159 e. The Hall–Kier alpha value is -1.70. The smallest absolute Gasteiger partial charge is 0.0699 e. The first kappa shape index (κ1) is 10.4. The summed E-state index contributed by atoms with van der Waals surface area (Å²) >= 11 is 0. The molecule has 72 valence electrons. The van der Waals surface area contributed by atoms with Crippen molar-refractivity contribution in [2.24, 2.45) is 10.2 Å². The minimum absolute atomic E-state index is 0.874. The standard InChI is InChI=1S/C12H14N2/c1-3-10-13-14-12(4-2)11-8-6-5-7-9-11/h3,5-10H,1,4H2,2H3. The third-order valence-electron chi connectivity index (χ3n) is 1.79. The average Bonchev–Trinajstić information content (AvgIpc) is 2.26. The summed E-state index contributed by atoms with van der Waals surface area (Å²) in [7, 11) is 0. The van der Waals surface area contributed by atoms with Gasteiger partial charge < -0.3 is 0 Å². The van der Waals surface area contributed by atoms with Crippen molar-refractivity contribution in [2.75, 3.05) is 0 Å². The van der Waals surface area contributed by atoms with E-state index in [9.17, 15) is 0 Å². The van der Waals surface area contributed by atoms with E-state index in [1.807, 2.05) is 30.3 Å². The summed E-state index contributed by atoms with van der Waals surface area (Å²) in [5, 5.41) is 8.00. The molecule has 0 radical (unpaired) electrons. The lowest BCUT2D eigenvalue weighted by atomic mass is 10.1. The number of benzene rings is 1. The largest absolute Gasteiger partial charge is 0.159 e. The fourth-order valence-corrected chi connectivity index (χ4v) is 1.11. The molecule has 0 heterocycles. The lowest BCUT2D eigenvalue weighted by Gasteiger charge is -1.99. The van der Waals surface area contributed by atoms with Crippen molar-refractivity contribution in [3.63, 3.8) is 0 Å². The van der Waals surface area contributed by atoms with Crippen molar-refractivity contribution in [1.82, 2.24) is 0 Å². The topological polar surface area (TPSA) is 24.7 Å². The summed E-state index contributed by atoms with van der Waals surface area (Å²) in [5.74, 6) is 0. The molecule has 0 saturated carbocycles. The predicted molar refractivity (Wildman–Crippen MR) is 62.0 cm³/mol. The molecule has 2 nitrogen and oxygen atoms in total. The summed E-state index contributed by atoms with van der Waals surface area (Å²) in [6.45, 7) is 5.60. The molecule has 2 heteroatoms. The second kappa shape index (κ2) is 5.86. The van der Waals surface area contributed by atoms with Crippen LogP contribution in [0.2, 0.25) is 0 Å². The number of hydrogen-bond donors (Lipinski definition) is 0. The number of rotatable bonds is 4.